The number of aromatic nitrogens is 4. The zero-order valence-electron chi connectivity index (χ0n) is 21.1. The Morgan fingerprint density at radius 3 is 2.33 bits per heavy atom. The molecule has 3 saturated carbocycles. The fourth-order valence-electron chi connectivity index (χ4n) is 6.69. The topological polar surface area (TPSA) is 105 Å². The number of benzene rings is 2. The van der Waals surface area contributed by atoms with Crippen LogP contribution in [0.5, 0.6) is 5.75 Å². The molecule has 0 radical (unpaired) electrons. The number of hydrogen-bond donors (Lipinski definition) is 3. The van der Waals surface area contributed by atoms with E-state index in [9.17, 15) is 19.0 Å². The molecule has 12 heteroatoms. The molecule has 208 valence electrons. The van der Waals surface area contributed by atoms with E-state index in [-0.39, 0.29) is 25.9 Å². The lowest BCUT2D eigenvalue weighted by Crippen LogP contribution is -2.76. The first kappa shape index (κ1) is 26.1. The molecule has 1 saturated heterocycles. The van der Waals surface area contributed by atoms with Gasteiger partial charge in [-0.3, -0.25) is 0 Å². The van der Waals surface area contributed by atoms with Gasteiger partial charge < -0.3 is 20.3 Å². The zero-order valence-corrected chi connectivity index (χ0v) is 21.1. The van der Waals surface area contributed by atoms with Crippen LogP contribution in [-0.2, 0) is 17.6 Å². The summed E-state index contributed by atoms with van der Waals surface area (Å²) in [5.74, 6) is -5.40. The highest BCUT2D eigenvalue weighted by molar-refractivity contribution is 5.44. The van der Waals surface area contributed by atoms with Crippen LogP contribution >= 0.6 is 0 Å². The summed E-state index contributed by atoms with van der Waals surface area (Å²) < 4.78 is 67.7. The number of tetrazole rings is 1. The minimum Gasteiger partial charge on any atom is -0.491 e. The Labute approximate surface area is 222 Å². The molecule has 7 rings (SSSR count). The summed E-state index contributed by atoms with van der Waals surface area (Å²) in [7, 11) is 0. The average molecular weight is 548 g/mol. The summed E-state index contributed by atoms with van der Waals surface area (Å²) in [6, 6.07) is 9.40. The molecule has 0 spiro atoms. The Bertz CT molecular complexity index is 1330. The van der Waals surface area contributed by atoms with Crippen LogP contribution in [0.4, 0.5) is 17.6 Å². The first-order chi connectivity index (χ1) is 18.5. The molecule has 0 amide bonds. The molecule has 1 unspecified atom stereocenters. The van der Waals surface area contributed by atoms with Gasteiger partial charge in [0.05, 0.1) is 6.54 Å². The summed E-state index contributed by atoms with van der Waals surface area (Å²) in [6.45, 7) is 0.825. The SMILES string of the molecule is OC1(COc2ccc(C34CC(C(F)(F)C(O)(Cn5cnnn5)c5ccc(F)cc5F)(C3)C4)cc2)CCNCC1. The molecule has 4 aliphatic rings. The Balaban J connectivity index is 1.19. The van der Waals surface area contributed by atoms with Gasteiger partial charge in [-0.2, -0.15) is 0 Å². The summed E-state index contributed by atoms with van der Waals surface area (Å²) in [5.41, 5.74) is -5.76. The van der Waals surface area contributed by atoms with Crippen molar-refractivity contribution in [3.8, 4) is 5.75 Å². The second kappa shape index (κ2) is 8.97. The Morgan fingerprint density at radius 2 is 1.72 bits per heavy atom. The van der Waals surface area contributed by atoms with Gasteiger partial charge in [-0.1, -0.05) is 12.1 Å². The van der Waals surface area contributed by atoms with Crippen molar-refractivity contribution < 1.29 is 32.5 Å². The van der Waals surface area contributed by atoms with Crippen LogP contribution in [0.2, 0.25) is 0 Å². The van der Waals surface area contributed by atoms with E-state index in [1.54, 1.807) is 12.1 Å². The Kier molecular flexibility index (Phi) is 6.01. The van der Waals surface area contributed by atoms with E-state index in [2.05, 4.69) is 20.8 Å². The number of alkyl halides is 2. The lowest BCUT2D eigenvalue weighted by Gasteiger charge is -2.74. The molecule has 4 fully saturated rings. The normalized spacial score (nSPS) is 27.2. The van der Waals surface area contributed by atoms with Crippen LogP contribution in [0.3, 0.4) is 0 Å². The molecule has 39 heavy (non-hydrogen) atoms. The molecule has 1 aromatic heterocycles. The van der Waals surface area contributed by atoms with E-state index in [0.717, 1.165) is 41.8 Å². The number of hydrogen-bond acceptors (Lipinski definition) is 7. The van der Waals surface area contributed by atoms with Gasteiger partial charge in [-0.15, -0.1) is 5.10 Å². The minimum atomic E-state index is -3.78. The number of ether oxygens (including phenoxy) is 1. The van der Waals surface area contributed by atoms with Gasteiger partial charge in [-0.05, 0) is 90.9 Å². The molecular weight excluding hydrogens is 518 g/mol. The Morgan fingerprint density at radius 1 is 1.03 bits per heavy atom. The van der Waals surface area contributed by atoms with Crippen molar-refractivity contribution in [1.29, 1.82) is 0 Å². The first-order valence-electron chi connectivity index (χ1n) is 12.9. The minimum absolute atomic E-state index is 0.0979. The lowest BCUT2D eigenvalue weighted by molar-refractivity contribution is -0.347. The number of piperidine rings is 1. The highest BCUT2D eigenvalue weighted by Crippen LogP contribution is 2.80. The van der Waals surface area contributed by atoms with Crippen molar-refractivity contribution in [3.63, 3.8) is 0 Å². The average Bonchev–Trinajstić information content (AvgIpc) is 3.35. The largest absolute Gasteiger partial charge is 0.491 e. The third kappa shape index (κ3) is 4.11. The maximum absolute atomic E-state index is 16.3. The molecule has 1 atom stereocenters. The molecule has 1 aliphatic heterocycles. The summed E-state index contributed by atoms with van der Waals surface area (Å²) in [5, 5.41) is 35.7. The zero-order chi connectivity index (χ0) is 27.5. The van der Waals surface area contributed by atoms with Crippen LogP contribution < -0.4 is 10.1 Å². The fourth-order valence-corrected chi connectivity index (χ4v) is 6.69. The molecule has 3 aliphatic carbocycles. The van der Waals surface area contributed by atoms with Gasteiger partial charge in [0.2, 0.25) is 0 Å². The fraction of sp³-hybridized carbons (Fsp3) is 0.519. The third-order valence-corrected chi connectivity index (χ3v) is 8.88. The van der Waals surface area contributed by atoms with Crippen molar-refractivity contribution in [2.24, 2.45) is 5.41 Å². The quantitative estimate of drug-likeness (QED) is 0.354. The molecule has 3 aromatic rings. The number of nitrogens with one attached hydrogen (secondary N) is 1. The summed E-state index contributed by atoms with van der Waals surface area (Å²) >= 11 is 0. The van der Waals surface area contributed by atoms with Crippen LogP contribution in [0.25, 0.3) is 0 Å². The Hall–Kier alpha value is -3.09. The van der Waals surface area contributed by atoms with E-state index in [1.165, 1.54) is 0 Å². The van der Waals surface area contributed by atoms with Crippen molar-refractivity contribution in [3.05, 3.63) is 71.6 Å². The molecule has 3 N–H and O–H groups in total. The number of rotatable bonds is 9. The van der Waals surface area contributed by atoms with Gasteiger partial charge in [0.15, 0.2) is 5.60 Å². The van der Waals surface area contributed by atoms with Gasteiger partial charge in [0.1, 0.15) is 35.9 Å². The number of nitrogens with zero attached hydrogens (tertiary/aromatic N) is 4. The van der Waals surface area contributed by atoms with Gasteiger partial charge in [0.25, 0.3) is 5.92 Å². The van der Waals surface area contributed by atoms with Crippen molar-refractivity contribution in [2.75, 3.05) is 19.7 Å². The summed E-state index contributed by atoms with van der Waals surface area (Å²) in [4.78, 5) is 0. The highest BCUT2D eigenvalue weighted by Gasteiger charge is 2.82. The lowest BCUT2D eigenvalue weighted by atomic mass is 9.30. The standard InChI is InChI=1S/C27H29F4N5O3/c28-19-3-6-21(22(29)11-19)26(38,15-36-17-33-34-35-36)27(30,31)24-12-23(13-24,14-24)18-1-4-20(5-2-18)39-16-25(37)7-9-32-10-8-25/h1-6,11,17,32,37-38H,7-10,12-16H2. The monoisotopic (exact) mass is 547 g/mol. The highest BCUT2D eigenvalue weighted by atomic mass is 19.3. The van der Waals surface area contributed by atoms with E-state index in [0.29, 0.717) is 24.7 Å². The number of halogens is 4. The molecular formula is C27H29F4N5O3. The van der Waals surface area contributed by atoms with Crippen molar-refractivity contribution in [2.45, 2.75) is 61.2 Å². The van der Waals surface area contributed by atoms with Crippen LogP contribution in [0.1, 0.15) is 43.2 Å². The van der Waals surface area contributed by atoms with Gasteiger partial charge in [-0.25, -0.2) is 22.2 Å². The van der Waals surface area contributed by atoms with Crippen LogP contribution in [0.15, 0.2) is 48.8 Å². The van der Waals surface area contributed by atoms with E-state index < -0.39 is 51.7 Å². The molecule has 2 heterocycles. The first-order valence-corrected chi connectivity index (χ1v) is 12.9. The maximum atomic E-state index is 16.3. The van der Waals surface area contributed by atoms with E-state index >= 15 is 8.78 Å². The number of aliphatic hydroxyl groups is 2. The molecule has 2 aromatic carbocycles. The van der Waals surface area contributed by atoms with E-state index in [4.69, 9.17) is 4.74 Å². The van der Waals surface area contributed by atoms with Gasteiger partial charge >= 0.3 is 0 Å². The third-order valence-electron chi connectivity index (χ3n) is 8.88. The molecule has 2 bridgehead atoms. The summed E-state index contributed by atoms with van der Waals surface area (Å²) in [6.07, 6.45) is 2.56. The van der Waals surface area contributed by atoms with E-state index in [1.807, 2.05) is 12.1 Å². The van der Waals surface area contributed by atoms with Crippen molar-refractivity contribution in [1.82, 2.24) is 25.5 Å². The van der Waals surface area contributed by atoms with Crippen molar-refractivity contribution >= 4 is 0 Å². The second-order valence-electron chi connectivity index (χ2n) is 11.4. The predicted molar refractivity (Wildman–Crippen MR) is 130 cm³/mol. The second-order valence-corrected chi connectivity index (χ2v) is 11.4. The van der Waals surface area contributed by atoms with Crippen LogP contribution in [0, 0.1) is 17.0 Å². The smallest absolute Gasteiger partial charge is 0.287 e. The van der Waals surface area contributed by atoms with Gasteiger partial charge in [0, 0.05) is 17.0 Å². The predicted octanol–water partition coefficient (Wildman–Crippen LogP) is 3.09. The molecule has 8 nitrogen and oxygen atoms in total. The maximum Gasteiger partial charge on any atom is 0.287 e. The van der Waals surface area contributed by atoms with Crippen LogP contribution in [-0.4, -0.2) is 61.6 Å².